The van der Waals surface area contributed by atoms with Crippen LogP contribution in [0, 0.1) is 18.3 Å². The number of carbonyl (C=O) groups is 1. The van der Waals surface area contributed by atoms with Gasteiger partial charge >= 0.3 is 0 Å². The van der Waals surface area contributed by atoms with Crippen LogP contribution in [0.4, 0.5) is 0 Å². The molecule has 0 saturated heterocycles. The number of nitrogens with one attached hydrogen (secondary N) is 1. The van der Waals surface area contributed by atoms with Crippen LogP contribution >= 0.6 is 0 Å². The largest absolute Gasteiger partial charge is 0.345 e. The highest BCUT2D eigenvalue weighted by Gasteiger charge is 2.15. The monoisotopic (exact) mass is 259 g/mol. The molecule has 1 unspecified atom stereocenters. The zero-order valence-corrected chi connectivity index (χ0v) is 12.0. The molecule has 19 heavy (non-hydrogen) atoms. The van der Waals surface area contributed by atoms with E-state index >= 15 is 0 Å². The fourth-order valence-electron chi connectivity index (χ4n) is 1.80. The number of rotatable bonds is 5. The van der Waals surface area contributed by atoms with E-state index in [9.17, 15) is 4.79 Å². The van der Waals surface area contributed by atoms with Crippen molar-refractivity contribution in [3.8, 4) is 6.07 Å². The van der Waals surface area contributed by atoms with E-state index in [4.69, 9.17) is 5.26 Å². The van der Waals surface area contributed by atoms with E-state index in [1.165, 1.54) is 0 Å². The molecular formula is C15H21N3O. The third-order valence-corrected chi connectivity index (χ3v) is 3.29. The van der Waals surface area contributed by atoms with Crippen molar-refractivity contribution in [2.24, 2.45) is 0 Å². The number of nitriles is 1. The summed E-state index contributed by atoms with van der Waals surface area (Å²) in [6.07, 6.45) is 0. The van der Waals surface area contributed by atoms with Crippen LogP contribution in [0.1, 0.15) is 30.5 Å². The quantitative estimate of drug-likeness (QED) is 0.877. The van der Waals surface area contributed by atoms with Gasteiger partial charge in [-0.1, -0.05) is 6.07 Å². The molecule has 1 rings (SSSR count). The van der Waals surface area contributed by atoms with E-state index in [-0.39, 0.29) is 11.9 Å². The second kappa shape index (κ2) is 6.91. The second-order valence-electron chi connectivity index (χ2n) is 4.71. The number of amides is 1. The lowest BCUT2D eigenvalue weighted by atomic mass is 10.1. The molecule has 0 radical (unpaired) electrons. The molecule has 0 aliphatic rings. The van der Waals surface area contributed by atoms with Gasteiger partial charge in [-0.2, -0.15) is 5.26 Å². The number of hydrogen-bond acceptors (Lipinski definition) is 3. The average Bonchev–Trinajstić information content (AvgIpc) is 2.43. The van der Waals surface area contributed by atoms with Crippen molar-refractivity contribution in [2.75, 3.05) is 13.6 Å². The Morgan fingerprint density at radius 2 is 2.21 bits per heavy atom. The van der Waals surface area contributed by atoms with Gasteiger partial charge < -0.3 is 10.2 Å². The van der Waals surface area contributed by atoms with Crippen molar-refractivity contribution in [3.63, 3.8) is 0 Å². The highest BCUT2D eigenvalue weighted by molar-refractivity contribution is 5.81. The molecule has 0 fully saturated rings. The average molecular weight is 259 g/mol. The summed E-state index contributed by atoms with van der Waals surface area (Å²) in [4.78, 5) is 13.6. The Morgan fingerprint density at radius 3 is 2.74 bits per heavy atom. The van der Waals surface area contributed by atoms with E-state index < -0.39 is 0 Å². The molecule has 1 aromatic carbocycles. The number of likely N-dealkylation sites (N-methyl/N-ethyl adjacent to an activating group) is 1. The molecule has 0 heterocycles. The van der Waals surface area contributed by atoms with Gasteiger partial charge in [0.1, 0.15) is 0 Å². The third-order valence-electron chi connectivity index (χ3n) is 3.29. The molecule has 0 saturated carbocycles. The first kappa shape index (κ1) is 15.2. The Bertz CT molecular complexity index is 491. The van der Waals surface area contributed by atoms with Crippen LogP contribution in [0.5, 0.6) is 0 Å². The van der Waals surface area contributed by atoms with Gasteiger partial charge in [0, 0.05) is 20.1 Å². The minimum Gasteiger partial charge on any atom is -0.345 e. The standard InChI is InChI=1S/C15H21N3O/c1-5-18(4)15(19)12(3)17-10-14-7-6-13(9-16)8-11(14)2/h6-8,12,17H,5,10H2,1-4H3. The molecule has 4 heteroatoms. The summed E-state index contributed by atoms with van der Waals surface area (Å²) in [5, 5.41) is 12.0. The van der Waals surface area contributed by atoms with Crippen LogP contribution < -0.4 is 5.32 Å². The number of carbonyl (C=O) groups excluding carboxylic acids is 1. The van der Waals surface area contributed by atoms with Crippen LogP contribution in [0.2, 0.25) is 0 Å². The van der Waals surface area contributed by atoms with Crippen LogP contribution in [0.25, 0.3) is 0 Å². The van der Waals surface area contributed by atoms with Crippen molar-refractivity contribution in [3.05, 3.63) is 34.9 Å². The summed E-state index contributed by atoms with van der Waals surface area (Å²) in [6.45, 7) is 7.13. The SMILES string of the molecule is CCN(C)C(=O)C(C)NCc1ccc(C#N)cc1C. The highest BCUT2D eigenvalue weighted by atomic mass is 16.2. The summed E-state index contributed by atoms with van der Waals surface area (Å²) < 4.78 is 0. The minimum atomic E-state index is -0.208. The van der Waals surface area contributed by atoms with E-state index in [2.05, 4.69) is 11.4 Å². The van der Waals surface area contributed by atoms with Gasteiger partial charge in [-0.25, -0.2) is 0 Å². The first-order valence-corrected chi connectivity index (χ1v) is 6.47. The van der Waals surface area contributed by atoms with Crippen molar-refractivity contribution < 1.29 is 4.79 Å². The third kappa shape index (κ3) is 4.08. The molecular weight excluding hydrogens is 238 g/mol. The summed E-state index contributed by atoms with van der Waals surface area (Å²) in [6, 6.07) is 7.51. The van der Waals surface area contributed by atoms with Gasteiger partial charge in [0.15, 0.2) is 0 Å². The van der Waals surface area contributed by atoms with Gasteiger partial charge in [0.25, 0.3) is 0 Å². The molecule has 102 valence electrons. The summed E-state index contributed by atoms with van der Waals surface area (Å²) in [5.41, 5.74) is 2.84. The summed E-state index contributed by atoms with van der Waals surface area (Å²) >= 11 is 0. The smallest absolute Gasteiger partial charge is 0.239 e. The Kier molecular flexibility index (Phi) is 5.53. The van der Waals surface area contributed by atoms with Gasteiger partial charge in [0.05, 0.1) is 17.7 Å². The van der Waals surface area contributed by atoms with Crippen molar-refractivity contribution in [2.45, 2.75) is 33.4 Å². The van der Waals surface area contributed by atoms with Crippen molar-refractivity contribution in [1.82, 2.24) is 10.2 Å². The van der Waals surface area contributed by atoms with Crippen molar-refractivity contribution >= 4 is 5.91 Å². The maximum absolute atomic E-state index is 11.9. The predicted molar refractivity (Wildman–Crippen MR) is 75.5 cm³/mol. The normalized spacial score (nSPS) is 11.7. The van der Waals surface area contributed by atoms with Crippen LogP contribution in [-0.2, 0) is 11.3 Å². The van der Waals surface area contributed by atoms with Crippen LogP contribution in [-0.4, -0.2) is 30.4 Å². The van der Waals surface area contributed by atoms with Gasteiger partial charge in [-0.05, 0) is 44.0 Å². The molecule has 1 aromatic rings. The molecule has 1 N–H and O–H groups in total. The Balaban J connectivity index is 2.62. The Labute approximate surface area is 115 Å². The molecule has 0 spiro atoms. The topological polar surface area (TPSA) is 56.1 Å². The number of aryl methyl sites for hydroxylation is 1. The molecule has 1 amide bonds. The fourth-order valence-corrected chi connectivity index (χ4v) is 1.80. The molecule has 4 nitrogen and oxygen atoms in total. The molecule has 0 aliphatic heterocycles. The maximum atomic E-state index is 11.9. The molecule has 0 aliphatic carbocycles. The van der Waals surface area contributed by atoms with E-state index in [0.717, 1.165) is 11.1 Å². The summed E-state index contributed by atoms with van der Waals surface area (Å²) in [5.74, 6) is 0.0915. The molecule has 0 aromatic heterocycles. The first-order valence-electron chi connectivity index (χ1n) is 6.47. The van der Waals surface area contributed by atoms with Crippen LogP contribution in [0.3, 0.4) is 0 Å². The van der Waals surface area contributed by atoms with Gasteiger partial charge in [-0.15, -0.1) is 0 Å². The first-order chi connectivity index (χ1) is 8.99. The summed E-state index contributed by atoms with van der Waals surface area (Å²) in [7, 11) is 1.80. The predicted octanol–water partition coefficient (Wildman–Crippen LogP) is 1.82. The maximum Gasteiger partial charge on any atom is 0.239 e. The minimum absolute atomic E-state index is 0.0915. The Morgan fingerprint density at radius 1 is 1.53 bits per heavy atom. The van der Waals surface area contributed by atoms with Crippen molar-refractivity contribution in [1.29, 1.82) is 5.26 Å². The zero-order chi connectivity index (χ0) is 14.4. The van der Waals surface area contributed by atoms with Crippen LogP contribution in [0.15, 0.2) is 18.2 Å². The van der Waals surface area contributed by atoms with E-state index in [1.807, 2.05) is 32.9 Å². The number of nitrogens with zero attached hydrogens (tertiary/aromatic N) is 2. The lowest BCUT2D eigenvalue weighted by Crippen LogP contribution is -2.42. The van der Waals surface area contributed by atoms with E-state index in [0.29, 0.717) is 18.7 Å². The number of hydrogen-bond donors (Lipinski definition) is 1. The second-order valence-corrected chi connectivity index (χ2v) is 4.71. The number of benzene rings is 1. The highest BCUT2D eigenvalue weighted by Crippen LogP contribution is 2.10. The molecule has 1 atom stereocenters. The Hall–Kier alpha value is -1.86. The van der Waals surface area contributed by atoms with Gasteiger partial charge in [0.2, 0.25) is 5.91 Å². The van der Waals surface area contributed by atoms with E-state index in [1.54, 1.807) is 18.0 Å². The fraction of sp³-hybridized carbons (Fsp3) is 0.467. The lowest BCUT2D eigenvalue weighted by Gasteiger charge is -2.21. The van der Waals surface area contributed by atoms with Gasteiger partial charge in [-0.3, -0.25) is 4.79 Å². The zero-order valence-electron chi connectivity index (χ0n) is 12.0. The lowest BCUT2D eigenvalue weighted by molar-refractivity contribution is -0.131. The molecule has 0 bridgehead atoms.